The summed E-state index contributed by atoms with van der Waals surface area (Å²) in [6.45, 7) is 10.9. The van der Waals surface area contributed by atoms with Gasteiger partial charge in [0, 0.05) is 12.1 Å². The van der Waals surface area contributed by atoms with Crippen molar-refractivity contribution in [2.75, 3.05) is 19.6 Å². The molecule has 0 spiro atoms. The highest BCUT2D eigenvalue weighted by molar-refractivity contribution is 4.85. The van der Waals surface area contributed by atoms with Gasteiger partial charge in [0.05, 0.1) is 0 Å². The molecule has 106 valence electrons. The summed E-state index contributed by atoms with van der Waals surface area (Å²) in [4.78, 5) is 2.75. The fourth-order valence-corrected chi connectivity index (χ4v) is 3.98. The molecule has 1 heterocycles. The number of rotatable bonds is 5. The van der Waals surface area contributed by atoms with E-state index >= 15 is 0 Å². The quantitative estimate of drug-likeness (QED) is 0.808. The highest BCUT2D eigenvalue weighted by Crippen LogP contribution is 2.30. The molecule has 1 aliphatic heterocycles. The van der Waals surface area contributed by atoms with Gasteiger partial charge in [0.15, 0.2) is 0 Å². The molecule has 2 nitrogen and oxygen atoms in total. The molecule has 0 amide bonds. The molecule has 4 atom stereocenters. The number of hydrogen-bond donors (Lipinski definition) is 1. The fraction of sp³-hybridized carbons (Fsp3) is 1.00. The van der Waals surface area contributed by atoms with Crippen LogP contribution in [0.1, 0.15) is 59.3 Å². The van der Waals surface area contributed by atoms with E-state index in [0.29, 0.717) is 0 Å². The molecule has 2 heteroatoms. The Morgan fingerprint density at radius 2 is 1.94 bits per heavy atom. The van der Waals surface area contributed by atoms with Crippen molar-refractivity contribution in [3.8, 4) is 0 Å². The number of hydrogen-bond acceptors (Lipinski definition) is 2. The maximum Gasteiger partial charge on any atom is 0.00956 e. The first kappa shape index (κ1) is 14.3. The van der Waals surface area contributed by atoms with E-state index < -0.39 is 0 Å². The van der Waals surface area contributed by atoms with Gasteiger partial charge in [-0.15, -0.1) is 0 Å². The fourth-order valence-electron chi connectivity index (χ4n) is 3.98. The van der Waals surface area contributed by atoms with Gasteiger partial charge in [-0.05, 0) is 70.5 Å². The summed E-state index contributed by atoms with van der Waals surface area (Å²) in [6.07, 6.45) is 8.55. The predicted octanol–water partition coefficient (Wildman–Crippen LogP) is 3.28. The summed E-state index contributed by atoms with van der Waals surface area (Å²) >= 11 is 0. The van der Waals surface area contributed by atoms with Crippen molar-refractivity contribution in [3.63, 3.8) is 0 Å². The summed E-state index contributed by atoms with van der Waals surface area (Å²) in [5.74, 6) is 1.83. The Bertz CT molecular complexity index is 241. The first-order chi connectivity index (χ1) is 8.72. The van der Waals surface area contributed by atoms with Gasteiger partial charge in [0.25, 0.3) is 0 Å². The van der Waals surface area contributed by atoms with Gasteiger partial charge in [-0.3, -0.25) is 0 Å². The summed E-state index contributed by atoms with van der Waals surface area (Å²) in [6, 6.07) is 1.62. The zero-order valence-electron chi connectivity index (χ0n) is 12.6. The lowest BCUT2D eigenvalue weighted by molar-refractivity contribution is 0.105. The molecule has 1 N–H and O–H groups in total. The highest BCUT2D eigenvalue weighted by Gasteiger charge is 2.29. The van der Waals surface area contributed by atoms with Crippen molar-refractivity contribution in [2.45, 2.75) is 71.4 Å². The molecule has 1 saturated heterocycles. The van der Waals surface area contributed by atoms with E-state index in [0.717, 1.165) is 30.5 Å². The second-order valence-electron chi connectivity index (χ2n) is 6.54. The van der Waals surface area contributed by atoms with Gasteiger partial charge >= 0.3 is 0 Å². The first-order valence-corrected chi connectivity index (χ1v) is 8.19. The third-order valence-electron chi connectivity index (χ3n) is 5.42. The maximum atomic E-state index is 3.68. The van der Waals surface area contributed by atoms with E-state index in [1.54, 1.807) is 0 Å². The average Bonchev–Trinajstić information content (AvgIpc) is 2.79. The molecule has 4 unspecified atom stereocenters. The largest absolute Gasteiger partial charge is 0.314 e. The normalized spacial score (nSPS) is 38.2. The van der Waals surface area contributed by atoms with Crippen molar-refractivity contribution >= 4 is 0 Å². The minimum atomic E-state index is 0.803. The predicted molar refractivity (Wildman–Crippen MR) is 78.9 cm³/mol. The maximum absolute atomic E-state index is 3.68. The van der Waals surface area contributed by atoms with Crippen LogP contribution in [0.15, 0.2) is 0 Å². The molecule has 18 heavy (non-hydrogen) atoms. The zero-order chi connectivity index (χ0) is 13.0. The molecular formula is C16H32N2. The van der Waals surface area contributed by atoms with Crippen LogP contribution in [0.25, 0.3) is 0 Å². The van der Waals surface area contributed by atoms with Crippen molar-refractivity contribution in [1.29, 1.82) is 0 Å². The topological polar surface area (TPSA) is 15.3 Å². The van der Waals surface area contributed by atoms with E-state index in [1.807, 2.05) is 0 Å². The van der Waals surface area contributed by atoms with Gasteiger partial charge in [-0.2, -0.15) is 0 Å². The SMILES string of the molecule is CCNC1CCCC1CCN1CCCC(C)C1C. The number of piperidine rings is 1. The Labute approximate surface area is 114 Å². The van der Waals surface area contributed by atoms with E-state index in [-0.39, 0.29) is 0 Å². The smallest absolute Gasteiger partial charge is 0.00956 e. The Balaban J connectivity index is 1.76. The van der Waals surface area contributed by atoms with E-state index in [1.165, 1.54) is 51.6 Å². The second kappa shape index (κ2) is 6.91. The molecule has 0 aromatic rings. The van der Waals surface area contributed by atoms with Gasteiger partial charge < -0.3 is 10.2 Å². The van der Waals surface area contributed by atoms with Crippen molar-refractivity contribution in [3.05, 3.63) is 0 Å². The molecule has 0 aromatic heterocycles. The van der Waals surface area contributed by atoms with Gasteiger partial charge in [0.1, 0.15) is 0 Å². The van der Waals surface area contributed by atoms with Crippen LogP contribution in [0.4, 0.5) is 0 Å². The first-order valence-electron chi connectivity index (χ1n) is 8.19. The summed E-state index contributed by atoms with van der Waals surface area (Å²) in [5.41, 5.74) is 0. The van der Waals surface area contributed by atoms with Crippen LogP contribution < -0.4 is 5.32 Å². The lowest BCUT2D eigenvalue weighted by Crippen LogP contribution is -2.44. The zero-order valence-corrected chi connectivity index (χ0v) is 12.6. The van der Waals surface area contributed by atoms with Crippen LogP contribution in [0.2, 0.25) is 0 Å². The van der Waals surface area contributed by atoms with Crippen LogP contribution in [-0.2, 0) is 0 Å². The minimum Gasteiger partial charge on any atom is -0.314 e. The van der Waals surface area contributed by atoms with Crippen LogP contribution in [-0.4, -0.2) is 36.6 Å². The highest BCUT2D eigenvalue weighted by atomic mass is 15.2. The summed E-state index contributed by atoms with van der Waals surface area (Å²) in [5, 5.41) is 3.68. The monoisotopic (exact) mass is 252 g/mol. The van der Waals surface area contributed by atoms with Crippen LogP contribution >= 0.6 is 0 Å². The molecular weight excluding hydrogens is 220 g/mol. The Kier molecular flexibility index (Phi) is 5.50. The molecule has 1 aliphatic carbocycles. The van der Waals surface area contributed by atoms with Gasteiger partial charge in [-0.25, -0.2) is 0 Å². The van der Waals surface area contributed by atoms with Crippen LogP contribution in [0.3, 0.4) is 0 Å². The minimum absolute atomic E-state index is 0.803. The lowest BCUT2D eigenvalue weighted by atomic mass is 9.91. The molecule has 2 aliphatic rings. The molecule has 0 bridgehead atoms. The molecule has 0 aromatic carbocycles. The third kappa shape index (κ3) is 3.48. The van der Waals surface area contributed by atoms with Crippen LogP contribution in [0.5, 0.6) is 0 Å². The Morgan fingerprint density at radius 3 is 2.72 bits per heavy atom. The third-order valence-corrected chi connectivity index (χ3v) is 5.42. The number of nitrogens with one attached hydrogen (secondary N) is 1. The van der Waals surface area contributed by atoms with Gasteiger partial charge in [0.2, 0.25) is 0 Å². The van der Waals surface area contributed by atoms with E-state index in [4.69, 9.17) is 0 Å². The van der Waals surface area contributed by atoms with Crippen molar-refractivity contribution in [1.82, 2.24) is 10.2 Å². The Morgan fingerprint density at radius 1 is 1.11 bits per heavy atom. The van der Waals surface area contributed by atoms with E-state index in [2.05, 4.69) is 31.0 Å². The molecule has 2 rings (SSSR count). The van der Waals surface area contributed by atoms with Crippen molar-refractivity contribution < 1.29 is 0 Å². The molecule has 2 fully saturated rings. The lowest BCUT2D eigenvalue weighted by Gasteiger charge is -2.38. The second-order valence-corrected chi connectivity index (χ2v) is 6.54. The molecule has 1 saturated carbocycles. The summed E-state index contributed by atoms with van der Waals surface area (Å²) < 4.78 is 0. The Hall–Kier alpha value is -0.0800. The number of likely N-dealkylation sites (tertiary alicyclic amines) is 1. The average molecular weight is 252 g/mol. The standard InChI is InChI=1S/C16H32N2/c1-4-17-16-9-5-8-15(16)10-12-18-11-6-7-13(2)14(18)3/h13-17H,4-12H2,1-3H3. The number of nitrogens with zero attached hydrogens (tertiary/aromatic N) is 1. The van der Waals surface area contributed by atoms with Crippen LogP contribution in [0, 0.1) is 11.8 Å². The van der Waals surface area contributed by atoms with E-state index in [9.17, 15) is 0 Å². The van der Waals surface area contributed by atoms with Crippen molar-refractivity contribution in [2.24, 2.45) is 11.8 Å². The molecule has 0 radical (unpaired) electrons. The summed E-state index contributed by atoms with van der Waals surface area (Å²) in [7, 11) is 0. The van der Waals surface area contributed by atoms with Gasteiger partial charge in [-0.1, -0.05) is 20.3 Å².